The van der Waals surface area contributed by atoms with Crippen LogP contribution < -0.4 is 11.2 Å². The molecule has 1 aliphatic rings. The van der Waals surface area contributed by atoms with E-state index in [0.717, 1.165) is 4.57 Å². The Kier molecular flexibility index (Phi) is 3.47. The average Bonchev–Trinajstić information content (AvgIpc) is 2.24. The lowest BCUT2D eigenvalue weighted by molar-refractivity contribution is -0.0216. The number of nitrogens with one attached hydrogen (secondary N) is 1. The third-order valence-corrected chi connectivity index (χ3v) is 3.22. The van der Waals surface area contributed by atoms with Crippen molar-refractivity contribution in [2.45, 2.75) is 38.8 Å². The maximum atomic E-state index is 12.0. The summed E-state index contributed by atoms with van der Waals surface area (Å²) in [5, 5.41) is 0. The number of carbonyl (C=O) groups excluding carboxylic acids is 1. The van der Waals surface area contributed by atoms with Crippen molar-refractivity contribution in [2.24, 2.45) is 0 Å². The molecule has 18 heavy (non-hydrogen) atoms. The highest BCUT2D eigenvalue weighted by Crippen LogP contribution is 2.32. The van der Waals surface area contributed by atoms with Gasteiger partial charge in [0.25, 0.3) is 5.56 Å². The van der Waals surface area contributed by atoms with Crippen LogP contribution in [0.2, 0.25) is 0 Å². The third-order valence-electron chi connectivity index (χ3n) is 3.22. The van der Waals surface area contributed by atoms with Crippen molar-refractivity contribution in [3.8, 4) is 0 Å². The maximum absolute atomic E-state index is 12.0. The standard InChI is InChI=1S/C12H16N2O4/c1-3-18-9-4-8(5-9)14-11(16)10(7(2)15)6-13-12(14)17/h6,8-9H,3-5H2,1-2H3,(H,13,17). The van der Waals surface area contributed by atoms with Gasteiger partial charge in [-0.25, -0.2) is 4.79 Å². The highest BCUT2D eigenvalue weighted by atomic mass is 16.5. The fourth-order valence-electron chi connectivity index (χ4n) is 2.19. The number of nitrogens with zero attached hydrogens (tertiary/aromatic N) is 1. The van der Waals surface area contributed by atoms with Gasteiger partial charge in [-0.15, -0.1) is 0 Å². The van der Waals surface area contributed by atoms with Gasteiger partial charge in [-0.2, -0.15) is 0 Å². The van der Waals surface area contributed by atoms with Crippen molar-refractivity contribution < 1.29 is 9.53 Å². The summed E-state index contributed by atoms with van der Waals surface area (Å²) in [7, 11) is 0. The molecule has 6 nitrogen and oxygen atoms in total. The van der Waals surface area contributed by atoms with Crippen LogP contribution in [0.1, 0.15) is 43.1 Å². The topological polar surface area (TPSA) is 81.2 Å². The normalized spacial score (nSPS) is 22.6. The van der Waals surface area contributed by atoms with Gasteiger partial charge in [0, 0.05) is 18.8 Å². The summed E-state index contributed by atoms with van der Waals surface area (Å²) in [4.78, 5) is 37.4. The third kappa shape index (κ3) is 2.15. The van der Waals surface area contributed by atoms with Gasteiger partial charge >= 0.3 is 5.69 Å². The van der Waals surface area contributed by atoms with Crippen molar-refractivity contribution in [3.05, 3.63) is 32.6 Å². The second kappa shape index (κ2) is 4.89. The SMILES string of the molecule is CCOC1CC(n2c(=O)[nH]cc(C(C)=O)c2=O)C1. The van der Waals surface area contributed by atoms with Gasteiger partial charge in [0.2, 0.25) is 0 Å². The number of carbonyl (C=O) groups is 1. The van der Waals surface area contributed by atoms with Crippen LogP contribution in [0.25, 0.3) is 0 Å². The molecule has 0 amide bonds. The van der Waals surface area contributed by atoms with Gasteiger partial charge in [-0.05, 0) is 26.7 Å². The Morgan fingerprint density at radius 1 is 1.50 bits per heavy atom. The van der Waals surface area contributed by atoms with Crippen LogP contribution in [0.5, 0.6) is 0 Å². The van der Waals surface area contributed by atoms with Gasteiger partial charge in [0.05, 0.1) is 11.7 Å². The van der Waals surface area contributed by atoms with Gasteiger partial charge in [-0.1, -0.05) is 0 Å². The smallest absolute Gasteiger partial charge is 0.328 e. The number of hydrogen-bond acceptors (Lipinski definition) is 4. The van der Waals surface area contributed by atoms with Crippen LogP contribution in [-0.4, -0.2) is 28.0 Å². The molecular formula is C12H16N2O4. The Morgan fingerprint density at radius 2 is 2.17 bits per heavy atom. The highest BCUT2D eigenvalue weighted by molar-refractivity contribution is 5.93. The largest absolute Gasteiger partial charge is 0.378 e. The number of H-pyrrole nitrogens is 1. The summed E-state index contributed by atoms with van der Waals surface area (Å²) in [6, 6.07) is -0.169. The lowest BCUT2D eigenvalue weighted by Crippen LogP contribution is -2.46. The molecule has 1 N–H and O–H groups in total. The van der Waals surface area contributed by atoms with E-state index in [-0.39, 0.29) is 23.5 Å². The number of ether oxygens (including phenoxy) is 1. The lowest BCUT2D eigenvalue weighted by atomic mass is 9.89. The Hall–Kier alpha value is -1.69. The minimum absolute atomic E-state index is 0.0226. The molecule has 0 unspecified atom stereocenters. The molecule has 0 spiro atoms. The first-order chi connectivity index (χ1) is 8.54. The van der Waals surface area contributed by atoms with Crippen molar-refractivity contribution in [3.63, 3.8) is 0 Å². The summed E-state index contributed by atoms with van der Waals surface area (Å²) < 4.78 is 6.52. The van der Waals surface area contributed by atoms with E-state index in [2.05, 4.69) is 4.98 Å². The summed E-state index contributed by atoms with van der Waals surface area (Å²) in [6.07, 6.45) is 2.56. The van der Waals surface area contributed by atoms with Crippen LogP contribution in [0.15, 0.2) is 15.8 Å². The summed E-state index contributed by atoms with van der Waals surface area (Å²) in [5.41, 5.74) is -0.953. The van der Waals surface area contributed by atoms with E-state index >= 15 is 0 Å². The van der Waals surface area contributed by atoms with E-state index in [1.165, 1.54) is 13.1 Å². The molecule has 1 aromatic heterocycles. The van der Waals surface area contributed by atoms with E-state index in [1.54, 1.807) is 0 Å². The van der Waals surface area contributed by atoms with Crippen LogP contribution in [0.4, 0.5) is 0 Å². The Balaban J connectivity index is 2.30. The van der Waals surface area contributed by atoms with E-state index in [1.807, 2.05) is 6.92 Å². The molecule has 0 bridgehead atoms. The quantitative estimate of drug-likeness (QED) is 0.790. The molecule has 2 rings (SSSR count). The second-order valence-electron chi connectivity index (χ2n) is 4.44. The molecule has 0 aromatic carbocycles. The molecule has 98 valence electrons. The van der Waals surface area contributed by atoms with E-state index in [0.29, 0.717) is 19.4 Å². The monoisotopic (exact) mass is 252 g/mol. The Bertz CT molecular complexity index is 566. The zero-order chi connectivity index (χ0) is 13.3. The van der Waals surface area contributed by atoms with Gasteiger partial charge in [0.1, 0.15) is 0 Å². The predicted octanol–water partition coefficient (Wildman–Crippen LogP) is 0.479. The molecule has 1 heterocycles. The molecule has 1 aromatic rings. The molecule has 6 heteroatoms. The lowest BCUT2D eigenvalue weighted by Gasteiger charge is -2.35. The Labute approximate surface area is 104 Å². The molecule has 0 saturated heterocycles. The number of aromatic amines is 1. The van der Waals surface area contributed by atoms with E-state index < -0.39 is 11.2 Å². The summed E-state index contributed by atoms with van der Waals surface area (Å²) in [6.45, 7) is 3.84. The number of rotatable bonds is 4. The zero-order valence-corrected chi connectivity index (χ0v) is 10.4. The van der Waals surface area contributed by atoms with Crippen LogP contribution >= 0.6 is 0 Å². The summed E-state index contributed by atoms with van der Waals surface area (Å²) >= 11 is 0. The zero-order valence-electron chi connectivity index (χ0n) is 10.4. The van der Waals surface area contributed by atoms with Crippen LogP contribution in [-0.2, 0) is 4.74 Å². The van der Waals surface area contributed by atoms with Crippen molar-refractivity contribution in [1.29, 1.82) is 0 Å². The van der Waals surface area contributed by atoms with Gasteiger partial charge in [-0.3, -0.25) is 14.2 Å². The fraction of sp³-hybridized carbons (Fsp3) is 0.583. The van der Waals surface area contributed by atoms with Crippen LogP contribution in [0, 0.1) is 0 Å². The number of Topliss-reactive ketones (excluding diaryl/α,β-unsaturated/α-hetero) is 1. The van der Waals surface area contributed by atoms with Crippen molar-refractivity contribution in [1.82, 2.24) is 9.55 Å². The first kappa shape index (κ1) is 12.8. The molecule has 0 atom stereocenters. The molecule has 1 saturated carbocycles. The minimum Gasteiger partial charge on any atom is -0.378 e. The van der Waals surface area contributed by atoms with E-state index in [4.69, 9.17) is 4.74 Å². The maximum Gasteiger partial charge on any atom is 0.328 e. The fourth-order valence-corrected chi connectivity index (χ4v) is 2.19. The summed E-state index contributed by atoms with van der Waals surface area (Å²) in [5.74, 6) is -0.342. The Morgan fingerprint density at radius 3 is 2.72 bits per heavy atom. The minimum atomic E-state index is -0.508. The molecule has 0 aliphatic heterocycles. The number of hydrogen-bond donors (Lipinski definition) is 1. The van der Waals surface area contributed by atoms with Crippen molar-refractivity contribution in [2.75, 3.05) is 6.61 Å². The first-order valence-electron chi connectivity index (χ1n) is 6.01. The molecule has 1 aliphatic carbocycles. The first-order valence-corrected chi connectivity index (χ1v) is 6.01. The number of ketones is 1. The number of aromatic nitrogens is 2. The predicted molar refractivity (Wildman–Crippen MR) is 65.0 cm³/mol. The average molecular weight is 252 g/mol. The molecule has 1 fully saturated rings. The second-order valence-corrected chi connectivity index (χ2v) is 4.44. The molecular weight excluding hydrogens is 236 g/mol. The van der Waals surface area contributed by atoms with Gasteiger partial charge in [0.15, 0.2) is 5.78 Å². The van der Waals surface area contributed by atoms with Gasteiger partial charge < -0.3 is 9.72 Å². The highest BCUT2D eigenvalue weighted by Gasteiger charge is 2.33. The van der Waals surface area contributed by atoms with E-state index in [9.17, 15) is 14.4 Å². The van der Waals surface area contributed by atoms with Crippen LogP contribution in [0.3, 0.4) is 0 Å². The molecule has 0 radical (unpaired) electrons. The van der Waals surface area contributed by atoms with Crippen molar-refractivity contribution >= 4 is 5.78 Å².